The second kappa shape index (κ2) is 60.7. The van der Waals surface area contributed by atoms with Gasteiger partial charge >= 0.3 is 17.9 Å². The number of carbonyl (C=O) groups is 3. The molecule has 0 bridgehead atoms. The molecule has 0 radical (unpaired) electrons. The lowest BCUT2D eigenvalue weighted by Gasteiger charge is -2.18. The molecule has 0 spiro atoms. The van der Waals surface area contributed by atoms with Gasteiger partial charge in [-0.2, -0.15) is 0 Å². The Morgan fingerprint density at radius 2 is 0.542 bits per heavy atom. The number of ether oxygens (including phenoxy) is 3. The first-order valence-electron chi connectivity index (χ1n) is 31.3. The molecule has 0 heterocycles. The molecule has 0 saturated heterocycles. The van der Waals surface area contributed by atoms with Crippen LogP contribution in [0.25, 0.3) is 0 Å². The van der Waals surface area contributed by atoms with E-state index in [1.54, 1.807) is 0 Å². The van der Waals surface area contributed by atoms with E-state index in [0.717, 1.165) is 96.3 Å². The van der Waals surface area contributed by atoms with E-state index in [1.807, 2.05) is 0 Å². The van der Waals surface area contributed by atoms with Crippen LogP contribution < -0.4 is 0 Å². The van der Waals surface area contributed by atoms with Gasteiger partial charge in [0.1, 0.15) is 13.2 Å². The van der Waals surface area contributed by atoms with Crippen LogP contribution in [0.4, 0.5) is 0 Å². The number of hydrogen-bond donors (Lipinski definition) is 0. The number of rotatable bonds is 57. The molecule has 6 heteroatoms. The van der Waals surface area contributed by atoms with Gasteiger partial charge in [0.15, 0.2) is 6.10 Å². The highest BCUT2D eigenvalue weighted by Gasteiger charge is 2.19. The lowest BCUT2D eigenvalue weighted by Crippen LogP contribution is -2.30. The molecule has 1 unspecified atom stereocenters. The standard InChI is InChI=1S/C66H118O6/c1-4-7-10-13-16-19-22-25-28-29-30-31-32-33-34-35-36-37-39-41-44-47-50-53-56-59-65(68)71-62-63(61-70-64(67)58-55-52-49-46-43-40-27-24-21-18-15-12-9-6-3)72-66(69)60-57-54-51-48-45-42-38-26-23-20-17-14-11-8-5-2/h7,10,16,19,25,28,30-31,33-34,63H,4-6,8-9,11-15,17-18,20-24,26-27,29,32,35-62H2,1-3H3/b10-7-,19-16-,28-25-,31-30-,34-33-. The number of esters is 3. The fourth-order valence-electron chi connectivity index (χ4n) is 9.12. The maximum Gasteiger partial charge on any atom is 0.306 e. The first-order chi connectivity index (χ1) is 35.5. The molecule has 1 atom stereocenters. The van der Waals surface area contributed by atoms with Crippen LogP contribution in [0, 0.1) is 0 Å². The monoisotopic (exact) mass is 1010 g/mol. The van der Waals surface area contributed by atoms with E-state index in [4.69, 9.17) is 14.2 Å². The third kappa shape index (κ3) is 58.0. The second-order valence-corrected chi connectivity index (χ2v) is 21.0. The van der Waals surface area contributed by atoms with Crippen LogP contribution in [-0.4, -0.2) is 37.2 Å². The predicted molar refractivity (Wildman–Crippen MR) is 312 cm³/mol. The number of allylic oxidation sites excluding steroid dienone is 10. The molecular weight excluding hydrogens is 889 g/mol. The summed E-state index contributed by atoms with van der Waals surface area (Å²) in [5, 5.41) is 0. The Balaban J connectivity index is 4.29. The molecule has 0 aromatic rings. The highest BCUT2D eigenvalue weighted by molar-refractivity contribution is 5.71. The Morgan fingerprint density at radius 3 is 0.847 bits per heavy atom. The molecule has 0 rings (SSSR count). The Kier molecular flexibility index (Phi) is 58.2. The van der Waals surface area contributed by atoms with E-state index in [-0.39, 0.29) is 31.1 Å². The SMILES string of the molecule is CC/C=C\C/C=C\C/C=C\C/C=C\C/C=C\CCCCCCCCCCCC(=O)OCC(COC(=O)CCCCCCCCCCCCCCCC)OC(=O)CCCCCCCCCCCCCCCCC. The summed E-state index contributed by atoms with van der Waals surface area (Å²) in [6.45, 7) is 6.57. The summed E-state index contributed by atoms with van der Waals surface area (Å²) < 4.78 is 16.9. The molecule has 6 nitrogen and oxygen atoms in total. The molecule has 0 aromatic carbocycles. The van der Waals surface area contributed by atoms with Crippen molar-refractivity contribution in [1.29, 1.82) is 0 Å². The van der Waals surface area contributed by atoms with Gasteiger partial charge in [-0.25, -0.2) is 0 Å². The number of carbonyl (C=O) groups excluding carboxylic acids is 3. The lowest BCUT2D eigenvalue weighted by molar-refractivity contribution is -0.167. The van der Waals surface area contributed by atoms with E-state index in [0.29, 0.717) is 19.3 Å². The van der Waals surface area contributed by atoms with Crippen LogP contribution in [0.15, 0.2) is 60.8 Å². The predicted octanol–water partition coefficient (Wildman–Crippen LogP) is 21.2. The zero-order valence-electron chi connectivity index (χ0n) is 47.9. The number of unbranched alkanes of at least 4 members (excludes halogenated alkanes) is 36. The smallest absolute Gasteiger partial charge is 0.306 e. The average Bonchev–Trinajstić information content (AvgIpc) is 3.38. The zero-order chi connectivity index (χ0) is 52.2. The third-order valence-corrected chi connectivity index (χ3v) is 13.8. The van der Waals surface area contributed by atoms with Gasteiger partial charge in [-0.3, -0.25) is 14.4 Å². The van der Waals surface area contributed by atoms with Gasteiger partial charge < -0.3 is 14.2 Å². The molecule has 0 aliphatic heterocycles. The van der Waals surface area contributed by atoms with Gasteiger partial charge in [0.05, 0.1) is 0 Å². The first kappa shape index (κ1) is 69.1. The minimum absolute atomic E-state index is 0.0707. The molecule has 0 aliphatic rings. The van der Waals surface area contributed by atoms with Crippen molar-refractivity contribution in [3.8, 4) is 0 Å². The summed E-state index contributed by atoms with van der Waals surface area (Å²) in [4.78, 5) is 38.3. The van der Waals surface area contributed by atoms with E-state index in [9.17, 15) is 14.4 Å². The van der Waals surface area contributed by atoms with Crippen molar-refractivity contribution in [1.82, 2.24) is 0 Å². The summed E-state index contributed by atoms with van der Waals surface area (Å²) in [6.07, 6.45) is 76.4. The Labute approximate surface area is 447 Å². The maximum atomic E-state index is 12.9. The molecule has 0 saturated carbocycles. The van der Waals surface area contributed by atoms with Crippen molar-refractivity contribution in [2.75, 3.05) is 13.2 Å². The van der Waals surface area contributed by atoms with Crippen LogP contribution in [0.3, 0.4) is 0 Å². The fourth-order valence-corrected chi connectivity index (χ4v) is 9.12. The molecule has 72 heavy (non-hydrogen) atoms. The number of hydrogen-bond acceptors (Lipinski definition) is 6. The Morgan fingerprint density at radius 1 is 0.292 bits per heavy atom. The molecular formula is C66H118O6. The average molecular weight is 1010 g/mol. The van der Waals surface area contributed by atoms with E-state index in [1.165, 1.54) is 186 Å². The zero-order valence-corrected chi connectivity index (χ0v) is 47.9. The minimum Gasteiger partial charge on any atom is -0.462 e. The van der Waals surface area contributed by atoms with Gasteiger partial charge in [-0.1, -0.05) is 300 Å². The maximum absolute atomic E-state index is 12.9. The van der Waals surface area contributed by atoms with Crippen molar-refractivity contribution in [2.45, 2.75) is 329 Å². The lowest BCUT2D eigenvalue weighted by atomic mass is 10.0. The van der Waals surface area contributed by atoms with E-state index in [2.05, 4.69) is 81.5 Å². The van der Waals surface area contributed by atoms with Crippen molar-refractivity contribution in [3.63, 3.8) is 0 Å². The van der Waals surface area contributed by atoms with Crippen molar-refractivity contribution in [2.24, 2.45) is 0 Å². The molecule has 0 amide bonds. The van der Waals surface area contributed by atoms with Crippen molar-refractivity contribution < 1.29 is 28.6 Å². The Hall–Kier alpha value is -2.89. The van der Waals surface area contributed by atoms with Gasteiger partial charge in [-0.15, -0.1) is 0 Å². The van der Waals surface area contributed by atoms with Crippen LogP contribution >= 0.6 is 0 Å². The molecule has 418 valence electrons. The summed E-state index contributed by atoms with van der Waals surface area (Å²) >= 11 is 0. The van der Waals surface area contributed by atoms with Gasteiger partial charge in [0.2, 0.25) is 0 Å². The highest BCUT2D eigenvalue weighted by atomic mass is 16.6. The largest absolute Gasteiger partial charge is 0.462 e. The summed E-state index contributed by atoms with van der Waals surface area (Å²) in [6, 6.07) is 0. The third-order valence-electron chi connectivity index (χ3n) is 13.8. The fraction of sp³-hybridized carbons (Fsp3) is 0.803. The summed E-state index contributed by atoms with van der Waals surface area (Å²) in [7, 11) is 0. The quantitative estimate of drug-likeness (QED) is 0.0261. The van der Waals surface area contributed by atoms with Crippen LogP contribution in [0.5, 0.6) is 0 Å². The van der Waals surface area contributed by atoms with Gasteiger partial charge in [0, 0.05) is 19.3 Å². The van der Waals surface area contributed by atoms with Crippen molar-refractivity contribution in [3.05, 3.63) is 60.8 Å². The minimum atomic E-state index is -0.773. The van der Waals surface area contributed by atoms with Crippen LogP contribution in [0.2, 0.25) is 0 Å². The Bertz CT molecular complexity index is 1290. The molecule has 0 aliphatic carbocycles. The molecule has 0 fully saturated rings. The van der Waals surface area contributed by atoms with Crippen molar-refractivity contribution >= 4 is 17.9 Å². The highest BCUT2D eigenvalue weighted by Crippen LogP contribution is 2.17. The molecule has 0 aromatic heterocycles. The van der Waals surface area contributed by atoms with Gasteiger partial charge in [0.25, 0.3) is 0 Å². The first-order valence-corrected chi connectivity index (χ1v) is 31.3. The van der Waals surface area contributed by atoms with Crippen LogP contribution in [0.1, 0.15) is 323 Å². The van der Waals surface area contributed by atoms with E-state index >= 15 is 0 Å². The van der Waals surface area contributed by atoms with Gasteiger partial charge in [-0.05, 0) is 64.2 Å². The normalized spacial score (nSPS) is 12.4. The second-order valence-electron chi connectivity index (χ2n) is 21.0. The van der Waals surface area contributed by atoms with Crippen LogP contribution in [-0.2, 0) is 28.6 Å². The summed E-state index contributed by atoms with van der Waals surface area (Å²) in [5.74, 6) is -0.858. The summed E-state index contributed by atoms with van der Waals surface area (Å²) in [5.41, 5.74) is 0. The van der Waals surface area contributed by atoms with E-state index < -0.39 is 6.10 Å². The molecule has 0 N–H and O–H groups in total. The topological polar surface area (TPSA) is 78.9 Å².